The van der Waals surface area contributed by atoms with Crippen LogP contribution in [0.5, 0.6) is 0 Å². The van der Waals surface area contributed by atoms with Crippen molar-refractivity contribution in [3.63, 3.8) is 0 Å². The van der Waals surface area contributed by atoms with Crippen molar-refractivity contribution in [2.75, 3.05) is 6.67 Å². The zero-order valence-corrected chi connectivity index (χ0v) is 21.1. The highest BCUT2D eigenvalue weighted by Gasteiger charge is 2.89. The SMILES string of the molecule is C#CC1(O)[C@@H]2[C@H](c3ccccc3)N3CN4[C@@H](c5ccccc5)C2([C@@H]3c2ccccc2)[C@H]1[C@@H]4c1ccccc1. The van der Waals surface area contributed by atoms with Crippen LogP contribution in [0.25, 0.3) is 0 Å². The third-order valence-corrected chi connectivity index (χ3v) is 10.1. The number of fused-ring (bicyclic) bond motifs is 2. The lowest BCUT2D eigenvalue weighted by Crippen LogP contribution is -2.69. The zero-order valence-electron chi connectivity index (χ0n) is 21.1. The van der Waals surface area contributed by atoms with E-state index >= 15 is 0 Å². The summed E-state index contributed by atoms with van der Waals surface area (Å²) >= 11 is 0. The Morgan fingerprint density at radius 3 is 1.26 bits per heavy atom. The Balaban J connectivity index is 1.44. The third kappa shape index (κ3) is 2.56. The van der Waals surface area contributed by atoms with Crippen molar-refractivity contribution in [1.29, 1.82) is 0 Å². The summed E-state index contributed by atoms with van der Waals surface area (Å²) in [6, 6.07) is 43.7. The van der Waals surface area contributed by atoms with Gasteiger partial charge in [-0.1, -0.05) is 127 Å². The van der Waals surface area contributed by atoms with Crippen LogP contribution in [0.4, 0.5) is 0 Å². The van der Waals surface area contributed by atoms with Crippen LogP contribution in [0.15, 0.2) is 121 Å². The summed E-state index contributed by atoms with van der Waals surface area (Å²) in [5, 5.41) is 12.6. The van der Waals surface area contributed by atoms with Gasteiger partial charge in [-0.3, -0.25) is 9.80 Å². The van der Waals surface area contributed by atoms with Crippen LogP contribution in [-0.2, 0) is 0 Å². The molecule has 4 aliphatic rings. The van der Waals surface area contributed by atoms with Gasteiger partial charge in [-0.05, 0) is 22.3 Å². The molecular formula is C35H30N2O. The molecule has 2 unspecified atom stereocenters. The first-order valence-electron chi connectivity index (χ1n) is 13.6. The molecule has 1 spiro atoms. The van der Waals surface area contributed by atoms with Gasteiger partial charge in [0.05, 0.1) is 6.67 Å². The smallest absolute Gasteiger partial charge is 0.135 e. The van der Waals surface area contributed by atoms with E-state index in [-0.39, 0.29) is 41.4 Å². The summed E-state index contributed by atoms with van der Waals surface area (Å²) < 4.78 is 0. The maximum atomic E-state index is 12.6. The Bertz CT molecular complexity index is 1410. The zero-order chi connectivity index (χ0) is 25.5. The predicted octanol–water partition coefficient (Wildman–Crippen LogP) is 6.15. The average molecular weight is 495 g/mol. The molecule has 3 aliphatic heterocycles. The minimum atomic E-state index is -1.22. The number of benzene rings is 4. The molecular weight excluding hydrogens is 464 g/mol. The highest BCUT2D eigenvalue weighted by Crippen LogP contribution is 2.87. The molecule has 0 amide bonds. The molecule has 38 heavy (non-hydrogen) atoms. The molecule has 3 bridgehead atoms. The second kappa shape index (κ2) is 7.91. The lowest BCUT2D eigenvalue weighted by molar-refractivity contribution is -0.211. The van der Waals surface area contributed by atoms with Gasteiger partial charge < -0.3 is 5.11 Å². The van der Waals surface area contributed by atoms with Crippen molar-refractivity contribution in [3.05, 3.63) is 144 Å². The van der Waals surface area contributed by atoms with Crippen LogP contribution in [0.3, 0.4) is 0 Å². The maximum Gasteiger partial charge on any atom is 0.135 e. The third-order valence-electron chi connectivity index (χ3n) is 10.1. The number of aliphatic hydroxyl groups is 1. The van der Waals surface area contributed by atoms with Gasteiger partial charge in [0.2, 0.25) is 0 Å². The topological polar surface area (TPSA) is 26.7 Å². The molecule has 8 atom stereocenters. The summed E-state index contributed by atoms with van der Waals surface area (Å²) in [6.45, 7) is 0.813. The number of hydrogen-bond acceptors (Lipinski definition) is 3. The highest BCUT2D eigenvalue weighted by atomic mass is 16.3. The van der Waals surface area contributed by atoms with E-state index in [9.17, 15) is 5.11 Å². The summed E-state index contributed by atoms with van der Waals surface area (Å²) in [6.07, 6.45) is 6.35. The van der Waals surface area contributed by atoms with E-state index < -0.39 is 5.60 Å². The van der Waals surface area contributed by atoms with E-state index in [2.05, 4.69) is 137 Å². The Morgan fingerprint density at radius 2 is 0.921 bits per heavy atom. The van der Waals surface area contributed by atoms with Gasteiger partial charge in [-0.2, -0.15) is 0 Å². The van der Waals surface area contributed by atoms with Crippen molar-refractivity contribution in [1.82, 2.24) is 9.80 Å². The molecule has 3 heterocycles. The van der Waals surface area contributed by atoms with Gasteiger partial charge in [-0.25, -0.2) is 0 Å². The van der Waals surface area contributed by atoms with Gasteiger partial charge in [-0.15, -0.1) is 6.42 Å². The molecule has 1 aliphatic carbocycles. The van der Waals surface area contributed by atoms with Gasteiger partial charge in [0.1, 0.15) is 5.60 Å². The largest absolute Gasteiger partial charge is 0.377 e. The molecule has 3 saturated heterocycles. The molecule has 186 valence electrons. The van der Waals surface area contributed by atoms with Gasteiger partial charge >= 0.3 is 0 Å². The molecule has 1 saturated carbocycles. The maximum absolute atomic E-state index is 12.6. The number of hydrogen-bond donors (Lipinski definition) is 1. The molecule has 4 aromatic rings. The lowest BCUT2D eigenvalue weighted by atomic mass is 9.39. The summed E-state index contributed by atoms with van der Waals surface area (Å²) in [4.78, 5) is 5.31. The van der Waals surface area contributed by atoms with E-state index in [0.29, 0.717) is 0 Å². The molecule has 3 heteroatoms. The van der Waals surface area contributed by atoms with E-state index in [0.717, 1.165) is 6.67 Å². The van der Waals surface area contributed by atoms with E-state index in [4.69, 9.17) is 6.42 Å². The quantitative estimate of drug-likeness (QED) is 0.345. The van der Waals surface area contributed by atoms with Gasteiger partial charge in [0, 0.05) is 41.4 Å². The molecule has 8 rings (SSSR count). The van der Waals surface area contributed by atoms with Crippen LogP contribution in [0.1, 0.15) is 46.4 Å². The fourth-order valence-electron chi connectivity index (χ4n) is 9.20. The molecule has 1 N–H and O–H groups in total. The molecule has 3 nitrogen and oxygen atoms in total. The Labute approximate surface area is 224 Å². The van der Waals surface area contributed by atoms with Crippen LogP contribution in [0.2, 0.25) is 0 Å². The molecule has 0 radical (unpaired) electrons. The summed E-state index contributed by atoms with van der Waals surface area (Å²) in [5.74, 6) is 2.81. The van der Waals surface area contributed by atoms with Crippen molar-refractivity contribution >= 4 is 0 Å². The number of nitrogens with zero attached hydrogens (tertiary/aromatic N) is 2. The lowest BCUT2D eigenvalue weighted by Gasteiger charge is -2.63. The molecule has 4 fully saturated rings. The first-order chi connectivity index (χ1) is 18.7. The van der Waals surface area contributed by atoms with E-state index in [1.54, 1.807) is 0 Å². The Kier molecular flexibility index (Phi) is 4.65. The highest BCUT2D eigenvalue weighted by molar-refractivity contribution is 5.51. The second-order valence-electron chi connectivity index (χ2n) is 11.4. The summed E-state index contributed by atoms with van der Waals surface area (Å²) in [7, 11) is 0. The Morgan fingerprint density at radius 1 is 0.579 bits per heavy atom. The van der Waals surface area contributed by atoms with Crippen molar-refractivity contribution in [2.45, 2.75) is 29.8 Å². The summed E-state index contributed by atoms with van der Waals surface area (Å²) in [5.41, 5.74) is 3.63. The predicted molar refractivity (Wildman–Crippen MR) is 148 cm³/mol. The van der Waals surface area contributed by atoms with Crippen molar-refractivity contribution in [3.8, 4) is 12.3 Å². The van der Waals surface area contributed by atoms with Crippen LogP contribution < -0.4 is 0 Å². The minimum absolute atomic E-state index is 0.0339. The first kappa shape index (κ1) is 22.3. The fourth-order valence-corrected chi connectivity index (χ4v) is 9.20. The monoisotopic (exact) mass is 494 g/mol. The molecule has 4 aromatic carbocycles. The second-order valence-corrected chi connectivity index (χ2v) is 11.4. The Hall–Kier alpha value is -3.68. The van der Waals surface area contributed by atoms with Crippen molar-refractivity contribution < 1.29 is 5.11 Å². The minimum Gasteiger partial charge on any atom is -0.377 e. The normalized spacial score (nSPS) is 39.8. The van der Waals surface area contributed by atoms with Crippen LogP contribution in [-0.4, -0.2) is 27.2 Å². The van der Waals surface area contributed by atoms with Crippen LogP contribution in [0, 0.1) is 29.6 Å². The van der Waals surface area contributed by atoms with Crippen molar-refractivity contribution in [2.24, 2.45) is 17.3 Å². The first-order valence-corrected chi connectivity index (χ1v) is 13.6. The number of rotatable bonds is 4. The standard InChI is InChI=1S/C35H30N2O/c1-2-34(38)30-28(24-15-7-3-8-16-24)36-23-37-29(25-17-9-4-10-18-25)31(34)35(30,32(36)26-19-11-5-12-20-26)33(37)27-21-13-6-14-22-27/h1,3-22,28-33,38H,23H2/t28-,29-,30-,31-,32-,33-,35?/m0/s1. The van der Waals surface area contributed by atoms with Gasteiger partial charge in [0.25, 0.3) is 0 Å². The average Bonchev–Trinajstić information content (AvgIpc) is 3.30. The fraction of sp³-hybridized carbons (Fsp3) is 0.257. The molecule has 0 aromatic heterocycles. The van der Waals surface area contributed by atoms with E-state index in [1.165, 1.54) is 22.3 Å². The van der Waals surface area contributed by atoms with E-state index in [1.807, 2.05) is 0 Å². The van der Waals surface area contributed by atoms with Gasteiger partial charge in [0.15, 0.2) is 0 Å². The van der Waals surface area contributed by atoms with Crippen LogP contribution >= 0.6 is 0 Å². The number of terminal acetylenes is 1.